The van der Waals surface area contributed by atoms with Gasteiger partial charge in [-0.25, -0.2) is 4.98 Å². The molecule has 1 aromatic heterocycles. The van der Waals surface area contributed by atoms with Crippen LogP contribution in [0.4, 0.5) is 0 Å². The highest BCUT2D eigenvalue weighted by atomic mass is 32.2. The zero-order chi connectivity index (χ0) is 19.9. The van der Waals surface area contributed by atoms with E-state index in [0.29, 0.717) is 13.0 Å². The molecule has 0 aliphatic heterocycles. The maximum Gasteiger partial charge on any atom is 0.231 e. The van der Waals surface area contributed by atoms with Crippen molar-refractivity contribution >= 4 is 34.5 Å². The van der Waals surface area contributed by atoms with Crippen molar-refractivity contribution in [3.8, 4) is 0 Å². The molecule has 0 saturated carbocycles. The summed E-state index contributed by atoms with van der Waals surface area (Å²) in [6.45, 7) is 5.93. The van der Waals surface area contributed by atoms with Gasteiger partial charge in [0.15, 0.2) is 10.9 Å². The molecular weight excluding hydrogens is 370 g/mol. The van der Waals surface area contributed by atoms with Crippen molar-refractivity contribution in [2.75, 3.05) is 5.75 Å². The smallest absolute Gasteiger partial charge is 0.231 e. The monoisotopic (exact) mass is 393 g/mol. The highest BCUT2D eigenvalue weighted by Crippen LogP contribution is 2.24. The van der Waals surface area contributed by atoms with Gasteiger partial charge in [0.1, 0.15) is 0 Å². The second-order valence-electron chi connectivity index (χ2n) is 6.49. The molecule has 0 bridgehead atoms. The SMILES string of the molecule is C=CCn1c(SCC(=O)NC(Cc2ccccc2)C(C)=O)nc2ccccc21. The van der Waals surface area contributed by atoms with Crippen LogP contribution in [0.25, 0.3) is 11.0 Å². The van der Waals surface area contributed by atoms with Crippen LogP contribution in [-0.2, 0) is 22.6 Å². The van der Waals surface area contributed by atoms with Crippen LogP contribution in [0.2, 0.25) is 0 Å². The van der Waals surface area contributed by atoms with Crippen molar-refractivity contribution in [3.05, 3.63) is 72.8 Å². The number of nitrogens with zero attached hydrogens (tertiary/aromatic N) is 2. The van der Waals surface area contributed by atoms with Crippen molar-refractivity contribution in [2.45, 2.75) is 31.1 Å². The van der Waals surface area contributed by atoms with Crippen molar-refractivity contribution in [1.29, 1.82) is 0 Å². The number of carbonyl (C=O) groups excluding carboxylic acids is 2. The van der Waals surface area contributed by atoms with E-state index in [1.165, 1.54) is 18.7 Å². The third kappa shape index (κ3) is 4.89. The maximum atomic E-state index is 12.5. The van der Waals surface area contributed by atoms with E-state index in [2.05, 4.69) is 16.9 Å². The summed E-state index contributed by atoms with van der Waals surface area (Å²) in [5.74, 6) is -0.0431. The minimum absolute atomic E-state index is 0.0545. The van der Waals surface area contributed by atoms with Gasteiger partial charge >= 0.3 is 0 Å². The van der Waals surface area contributed by atoms with E-state index in [0.717, 1.165) is 21.8 Å². The molecule has 3 aromatic rings. The van der Waals surface area contributed by atoms with Gasteiger partial charge < -0.3 is 9.88 Å². The molecular formula is C22H23N3O2S. The number of aromatic nitrogens is 2. The minimum atomic E-state index is -0.525. The fourth-order valence-corrected chi connectivity index (χ4v) is 3.82. The number of amides is 1. The van der Waals surface area contributed by atoms with Crippen LogP contribution in [0.3, 0.4) is 0 Å². The van der Waals surface area contributed by atoms with Crippen LogP contribution >= 0.6 is 11.8 Å². The Bertz CT molecular complexity index is 982. The largest absolute Gasteiger partial charge is 0.345 e. The van der Waals surface area contributed by atoms with E-state index in [1.807, 2.05) is 65.2 Å². The summed E-state index contributed by atoms with van der Waals surface area (Å²) < 4.78 is 2.03. The van der Waals surface area contributed by atoms with Gasteiger partial charge in [0.2, 0.25) is 5.91 Å². The summed E-state index contributed by atoms with van der Waals surface area (Å²) in [6, 6.07) is 17.0. The Kier molecular flexibility index (Phi) is 6.66. The third-order valence-electron chi connectivity index (χ3n) is 4.37. The number of thioether (sulfide) groups is 1. The molecule has 1 unspecified atom stereocenters. The van der Waals surface area contributed by atoms with E-state index in [9.17, 15) is 9.59 Å². The fraction of sp³-hybridized carbons (Fsp3) is 0.227. The summed E-state index contributed by atoms with van der Waals surface area (Å²) in [4.78, 5) is 29.0. The molecule has 1 amide bonds. The Morgan fingerprint density at radius 2 is 1.89 bits per heavy atom. The zero-order valence-corrected chi connectivity index (χ0v) is 16.6. The van der Waals surface area contributed by atoms with Crippen molar-refractivity contribution in [1.82, 2.24) is 14.9 Å². The van der Waals surface area contributed by atoms with Gasteiger partial charge in [0.25, 0.3) is 0 Å². The molecule has 28 heavy (non-hydrogen) atoms. The van der Waals surface area contributed by atoms with E-state index >= 15 is 0 Å². The van der Waals surface area contributed by atoms with Crippen LogP contribution in [0.15, 0.2) is 72.4 Å². The van der Waals surface area contributed by atoms with Gasteiger partial charge in [-0.3, -0.25) is 9.59 Å². The standard InChI is InChI=1S/C22H23N3O2S/c1-3-13-25-20-12-8-7-11-18(20)24-22(25)28-15-21(27)23-19(16(2)26)14-17-9-5-4-6-10-17/h3-12,19H,1,13-15H2,2H3,(H,23,27). The van der Waals surface area contributed by atoms with Gasteiger partial charge in [0.05, 0.1) is 22.8 Å². The Hall–Kier alpha value is -2.86. The minimum Gasteiger partial charge on any atom is -0.345 e. The highest BCUT2D eigenvalue weighted by molar-refractivity contribution is 7.99. The Labute approximate surface area is 168 Å². The number of nitrogens with one attached hydrogen (secondary N) is 1. The molecule has 3 rings (SSSR count). The van der Waals surface area contributed by atoms with Gasteiger partial charge in [0, 0.05) is 6.54 Å². The molecule has 1 N–H and O–H groups in total. The summed E-state index contributed by atoms with van der Waals surface area (Å²) >= 11 is 1.36. The number of para-hydroxylation sites is 2. The van der Waals surface area contributed by atoms with Gasteiger partial charge in [-0.05, 0) is 31.0 Å². The van der Waals surface area contributed by atoms with Crippen LogP contribution in [0.1, 0.15) is 12.5 Å². The molecule has 0 spiro atoms. The molecule has 5 nitrogen and oxygen atoms in total. The molecule has 144 valence electrons. The van der Waals surface area contributed by atoms with E-state index in [1.54, 1.807) is 0 Å². The number of imidazole rings is 1. The summed E-state index contributed by atoms with van der Waals surface area (Å²) in [5, 5.41) is 3.62. The van der Waals surface area contributed by atoms with Crippen molar-refractivity contribution in [2.24, 2.45) is 0 Å². The van der Waals surface area contributed by atoms with Crippen LogP contribution in [0, 0.1) is 0 Å². The lowest BCUT2D eigenvalue weighted by molar-refractivity contribution is -0.125. The molecule has 0 fully saturated rings. The van der Waals surface area contributed by atoms with E-state index < -0.39 is 6.04 Å². The number of hydrogen-bond donors (Lipinski definition) is 1. The molecule has 6 heteroatoms. The lowest BCUT2D eigenvalue weighted by Gasteiger charge is -2.16. The number of fused-ring (bicyclic) bond motifs is 1. The summed E-state index contributed by atoms with van der Waals surface area (Å²) in [7, 11) is 0. The number of ketones is 1. The highest BCUT2D eigenvalue weighted by Gasteiger charge is 2.19. The molecule has 1 atom stereocenters. The molecule has 0 radical (unpaired) electrons. The summed E-state index contributed by atoms with van der Waals surface area (Å²) in [5.41, 5.74) is 2.91. The topological polar surface area (TPSA) is 64.0 Å². The Morgan fingerprint density at radius 1 is 1.18 bits per heavy atom. The second-order valence-corrected chi connectivity index (χ2v) is 7.43. The third-order valence-corrected chi connectivity index (χ3v) is 5.35. The number of benzene rings is 2. The number of Topliss-reactive ketones (excluding diaryl/α,β-unsaturated/α-hetero) is 1. The Balaban J connectivity index is 1.66. The molecule has 0 aliphatic rings. The van der Waals surface area contributed by atoms with E-state index in [4.69, 9.17) is 0 Å². The number of allylic oxidation sites excluding steroid dienone is 1. The van der Waals surface area contributed by atoms with Crippen LogP contribution in [-0.4, -0.2) is 33.0 Å². The van der Waals surface area contributed by atoms with Gasteiger partial charge in [-0.2, -0.15) is 0 Å². The first kappa shape index (κ1) is 19.9. The normalized spacial score (nSPS) is 11.9. The zero-order valence-electron chi connectivity index (χ0n) is 15.8. The van der Waals surface area contributed by atoms with Crippen LogP contribution < -0.4 is 5.32 Å². The first-order valence-electron chi connectivity index (χ1n) is 9.11. The van der Waals surface area contributed by atoms with Crippen molar-refractivity contribution in [3.63, 3.8) is 0 Å². The van der Waals surface area contributed by atoms with Gasteiger partial charge in [-0.15, -0.1) is 6.58 Å². The maximum absolute atomic E-state index is 12.5. The lowest BCUT2D eigenvalue weighted by atomic mass is 10.0. The van der Waals surface area contributed by atoms with Gasteiger partial charge in [-0.1, -0.05) is 60.3 Å². The molecule has 1 heterocycles. The lowest BCUT2D eigenvalue weighted by Crippen LogP contribution is -2.42. The first-order chi connectivity index (χ1) is 13.6. The summed E-state index contributed by atoms with van der Waals surface area (Å²) in [6.07, 6.45) is 2.30. The predicted octanol–water partition coefficient (Wildman–Crippen LogP) is 3.63. The molecule has 2 aromatic carbocycles. The van der Waals surface area contributed by atoms with Crippen molar-refractivity contribution < 1.29 is 9.59 Å². The molecule has 0 aliphatic carbocycles. The second kappa shape index (κ2) is 9.37. The quantitative estimate of drug-likeness (QED) is 0.445. The Morgan fingerprint density at radius 3 is 2.61 bits per heavy atom. The van der Waals surface area contributed by atoms with Crippen LogP contribution in [0.5, 0.6) is 0 Å². The van der Waals surface area contributed by atoms with E-state index in [-0.39, 0.29) is 17.4 Å². The number of carbonyl (C=O) groups is 2. The number of rotatable bonds is 9. The average molecular weight is 394 g/mol. The molecule has 0 saturated heterocycles. The fourth-order valence-electron chi connectivity index (χ4n) is 2.98. The first-order valence-corrected chi connectivity index (χ1v) is 10.1. The average Bonchev–Trinajstić information content (AvgIpc) is 3.05. The predicted molar refractivity (Wildman–Crippen MR) is 113 cm³/mol. The number of hydrogen-bond acceptors (Lipinski definition) is 4.